The van der Waals surface area contributed by atoms with Crippen molar-refractivity contribution in [1.82, 2.24) is 5.32 Å². The van der Waals surface area contributed by atoms with E-state index in [0.29, 0.717) is 23.8 Å². The molecule has 0 spiro atoms. The maximum absolute atomic E-state index is 12.2. The molecule has 0 aliphatic carbocycles. The zero-order valence-corrected chi connectivity index (χ0v) is 13.8. The summed E-state index contributed by atoms with van der Waals surface area (Å²) in [5.74, 6) is 1.74. The summed E-state index contributed by atoms with van der Waals surface area (Å²) in [5, 5.41) is 2.94. The average molecular weight is 316 g/mol. The minimum atomic E-state index is -0.180. The van der Waals surface area contributed by atoms with Gasteiger partial charge in [-0.15, -0.1) is 0 Å². The van der Waals surface area contributed by atoms with Gasteiger partial charge in [0.25, 0.3) is 5.91 Å². The molecule has 0 aliphatic heterocycles. The van der Waals surface area contributed by atoms with Crippen molar-refractivity contribution in [3.05, 3.63) is 53.5 Å². The highest BCUT2D eigenvalue weighted by Gasteiger charge is 2.14. The Morgan fingerprint density at radius 3 is 2.52 bits per heavy atom. The van der Waals surface area contributed by atoms with Crippen LogP contribution in [0.5, 0.6) is 5.75 Å². The Labute approximate surface area is 136 Å². The van der Waals surface area contributed by atoms with Gasteiger partial charge >= 0.3 is 0 Å². The number of benzene rings is 1. The first kappa shape index (κ1) is 17.1. The van der Waals surface area contributed by atoms with Gasteiger partial charge in [0, 0.05) is 0 Å². The van der Waals surface area contributed by atoms with Crippen LogP contribution in [0, 0.1) is 5.92 Å². The molecule has 124 valence electrons. The van der Waals surface area contributed by atoms with Crippen molar-refractivity contribution < 1.29 is 13.9 Å². The van der Waals surface area contributed by atoms with Crippen LogP contribution >= 0.6 is 0 Å². The van der Waals surface area contributed by atoms with Crippen molar-refractivity contribution in [1.29, 1.82) is 0 Å². The molecule has 2 rings (SSSR count). The molecule has 5 heteroatoms. The van der Waals surface area contributed by atoms with E-state index in [9.17, 15) is 4.79 Å². The number of nitrogens with two attached hydrogens (primary N) is 1. The maximum atomic E-state index is 12.2. The van der Waals surface area contributed by atoms with Gasteiger partial charge in [0.05, 0.1) is 24.8 Å². The molecule has 0 bridgehead atoms. The molecule has 1 heterocycles. The van der Waals surface area contributed by atoms with Gasteiger partial charge in [-0.25, -0.2) is 0 Å². The highest BCUT2D eigenvalue weighted by Crippen LogP contribution is 2.19. The third kappa shape index (κ3) is 4.86. The Morgan fingerprint density at radius 2 is 1.96 bits per heavy atom. The lowest BCUT2D eigenvalue weighted by Crippen LogP contribution is -2.26. The van der Waals surface area contributed by atoms with Crippen molar-refractivity contribution in [2.75, 3.05) is 6.61 Å². The first-order chi connectivity index (χ1) is 11.0. The zero-order valence-electron chi connectivity index (χ0n) is 13.8. The highest BCUT2D eigenvalue weighted by atomic mass is 16.5. The minimum absolute atomic E-state index is 0.113. The number of carbonyl (C=O) groups excluding carboxylic acids is 1. The number of rotatable bonds is 7. The molecule has 5 nitrogen and oxygen atoms in total. The summed E-state index contributed by atoms with van der Waals surface area (Å²) in [5.41, 5.74) is 6.97. The summed E-state index contributed by atoms with van der Waals surface area (Å²) in [6.45, 7) is 7.12. The molecule has 1 aromatic carbocycles. The predicted octanol–water partition coefficient (Wildman–Crippen LogP) is 3.26. The number of hydrogen-bond donors (Lipinski definition) is 2. The van der Waals surface area contributed by atoms with Gasteiger partial charge < -0.3 is 20.2 Å². The molecule has 1 amide bonds. The van der Waals surface area contributed by atoms with Crippen LogP contribution < -0.4 is 15.8 Å². The van der Waals surface area contributed by atoms with E-state index in [1.807, 2.05) is 31.2 Å². The predicted molar refractivity (Wildman–Crippen MR) is 89.3 cm³/mol. The molecule has 1 aromatic heterocycles. The molecule has 23 heavy (non-hydrogen) atoms. The summed E-state index contributed by atoms with van der Waals surface area (Å²) < 4.78 is 10.8. The highest BCUT2D eigenvalue weighted by molar-refractivity contribution is 5.94. The van der Waals surface area contributed by atoms with Crippen molar-refractivity contribution in [2.45, 2.75) is 33.4 Å². The molecule has 0 saturated carbocycles. The second-order valence-electron chi connectivity index (χ2n) is 5.97. The van der Waals surface area contributed by atoms with E-state index in [1.54, 1.807) is 6.07 Å². The van der Waals surface area contributed by atoms with Crippen LogP contribution in [-0.2, 0) is 6.54 Å². The van der Waals surface area contributed by atoms with Crippen LogP contribution in [-0.4, -0.2) is 12.5 Å². The molecule has 3 N–H and O–H groups in total. The SMILES string of the molecule is CC(C)COc1ccc(C(C)NC(=O)c2coc(CN)c2)cc1. The molecular formula is C18H24N2O3. The van der Waals surface area contributed by atoms with Crippen LogP contribution in [0.3, 0.4) is 0 Å². The first-order valence-electron chi connectivity index (χ1n) is 7.80. The molecule has 0 aliphatic rings. The summed E-state index contributed by atoms with van der Waals surface area (Å²) in [4.78, 5) is 12.2. The minimum Gasteiger partial charge on any atom is -0.493 e. The van der Waals surface area contributed by atoms with E-state index in [-0.39, 0.29) is 18.5 Å². The summed E-state index contributed by atoms with van der Waals surface area (Å²) >= 11 is 0. The quantitative estimate of drug-likeness (QED) is 0.822. The van der Waals surface area contributed by atoms with Crippen molar-refractivity contribution in [3.63, 3.8) is 0 Å². The molecular weight excluding hydrogens is 292 g/mol. The molecule has 0 saturated heterocycles. The fraction of sp³-hybridized carbons (Fsp3) is 0.389. The largest absolute Gasteiger partial charge is 0.493 e. The topological polar surface area (TPSA) is 77.5 Å². The van der Waals surface area contributed by atoms with Gasteiger partial charge in [-0.05, 0) is 36.6 Å². The lowest BCUT2D eigenvalue weighted by atomic mass is 10.1. The zero-order chi connectivity index (χ0) is 16.8. The third-order valence-corrected chi connectivity index (χ3v) is 3.43. The molecule has 2 aromatic rings. The van der Waals surface area contributed by atoms with E-state index in [0.717, 1.165) is 11.3 Å². The monoisotopic (exact) mass is 316 g/mol. The Hall–Kier alpha value is -2.27. The smallest absolute Gasteiger partial charge is 0.255 e. The van der Waals surface area contributed by atoms with E-state index in [2.05, 4.69) is 19.2 Å². The fourth-order valence-corrected chi connectivity index (χ4v) is 2.09. The second-order valence-corrected chi connectivity index (χ2v) is 5.97. The van der Waals surface area contributed by atoms with Crippen LogP contribution in [0.4, 0.5) is 0 Å². The standard InChI is InChI=1S/C18H24N2O3/c1-12(2)10-22-16-6-4-14(5-7-16)13(3)20-18(21)15-8-17(9-19)23-11-15/h4-8,11-13H,9-10,19H2,1-3H3,(H,20,21). The second kappa shape index (κ2) is 7.83. The van der Waals surface area contributed by atoms with Crippen LogP contribution in [0.15, 0.2) is 41.0 Å². The Balaban J connectivity index is 1.94. The van der Waals surface area contributed by atoms with E-state index >= 15 is 0 Å². The van der Waals surface area contributed by atoms with E-state index < -0.39 is 0 Å². The van der Waals surface area contributed by atoms with Crippen molar-refractivity contribution >= 4 is 5.91 Å². The van der Waals surface area contributed by atoms with Crippen molar-refractivity contribution in [2.24, 2.45) is 11.7 Å². The van der Waals surface area contributed by atoms with Gasteiger partial charge in [0.2, 0.25) is 0 Å². The summed E-state index contributed by atoms with van der Waals surface area (Å²) in [6.07, 6.45) is 1.42. The lowest BCUT2D eigenvalue weighted by Gasteiger charge is -2.15. The molecule has 1 atom stereocenters. The normalized spacial score (nSPS) is 12.2. The van der Waals surface area contributed by atoms with E-state index in [1.165, 1.54) is 6.26 Å². The van der Waals surface area contributed by atoms with Crippen LogP contribution in [0.2, 0.25) is 0 Å². The lowest BCUT2D eigenvalue weighted by molar-refractivity contribution is 0.0939. The molecule has 0 fully saturated rings. The maximum Gasteiger partial charge on any atom is 0.255 e. The number of carbonyl (C=O) groups is 1. The average Bonchev–Trinajstić information content (AvgIpc) is 3.02. The summed E-state index contributed by atoms with van der Waals surface area (Å²) in [7, 11) is 0. The Bertz CT molecular complexity index is 632. The number of furan rings is 1. The van der Waals surface area contributed by atoms with Gasteiger partial charge in [-0.3, -0.25) is 4.79 Å². The van der Waals surface area contributed by atoms with Crippen LogP contribution in [0.1, 0.15) is 48.5 Å². The Morgan fingerprint density at radius 1 is 1.26 bits per heavy atom. The molecule has 0 radical (unpaired) electrons. The van der Waals surface area contributed by atoms with Gasteiger partial charge in [0.1, 0.15) is 17.8 Å². The number of hydrogen-bond acceptors (Lipinski definition) is 4. The van der Waals surface area contributed by atoms with Gasteiger partial charge in [0.15, 0.2) is 0 Å². The van der Waals surface area contributed by atoms with Gasteiger partial charge in [-0.2, -0.15) is 0 Å². The molecule has 1 unspecified atom stereocenters. The van der Waals surface area contributed by atoms with E-state index in [4.69, 9.17) is 14.9 Å². The van der Waals surface area contributed by atoms with Crippen LogP contribution in [0.25, 0.3) is 0 Å². The summed E-state index contributed by atoms with van der Waals surface area (Å²) in [6, 6.07) is 9.31. The fourth-order valence-electron chi connectivity index (χ4n) is 2.09. The number of amides is 1. The first-order valence-corrected chi connectivity index (χ1v) is 7.80. The third-order valence-electron chi connectivity index (χ3n) is 3.43. The Kier molecular flexibility index (Phi) is 5.82. The van der Waals surface area contributed by atoms with Gasteiger partial charge in [-0.1, -0.05) is 26.0 Å². The number of nitrogens with one attached hydrogen (secondary N) is 1. The van der Waals surface area contributed by atoms with Crippen molar-refractivity contribution in [3.8, 4) is 5.75 Å². The number of ether oxygens (including phenoxy) is 1.